The maximum atomic E-state index is 5.42. The van der Waals surface area contributed by atoms with E-state index in [1.54, 1.807) is 7.11 Å². The minimum atomic E-state index is 0.791. The lowest BCUT2D eigenvalue weighted by Gasteiger charge is -2.02. The van der Waals surface area contributed by atoms with E-state index in [0.717, 1.165) is 30.1 Å². The SMILES string of the molecule is CON=C(C)c1ccc2c(c1)CCO2. The van der Waals surface area contributed by atoms with Gasteiger partial charge in [0.05, 0.1) is 12.3 Å². The first-order valence-electron chi connectivity index (χ1n) is 4.65. The van der Waals surface area contributed by atoms with Gasteiger partial charge in [0, 0.05) is 6.42 Å². The van der Waals surface area contributed by atoms with Crippen LogP contribution in [0.4, 0.5) is 0 Å². The van der Waals surface area contributed by atoms with Crippen molar-refractivity contribution in [1.82, 2.24) is 0 Å². The van der Waals surface area contributed by atoms with Crippen molar-refractivity contribution in [1.29, 1.82) is 0 Å². The van der Waals surface area contributed by atoms with E-state index in [-0.39, 0.29) is 0 Å². The van der Waals surface area contributed by atoms with Crippen LogP contribution in [0.25, 0.3) is 0 Å². The number of hydrogen-bond acceptors (Lipinski definition) is 3. The van der Waals surface area contributed by atoms with E-state index < -0.39 is 0 Å². The predicted molar refractivity (Wildman–Crippen MR) is 54.9 cm³/mol. The Morgan fingerprint density at radius 2 is 2.36 bits per heavy atom. The van der Waals surface area contributed by atoms with Crippen molar-refractivity contribution in [2.75, 3.05) is 13.7 Å². The Hall–Kier alpha value is -1.51. The molecule has 0 unspecified atom stereocenters. The monoisotopic (exact) mass is 191 g/mol. The van der Waals surface area contributed by atoms with E-state index in [4.69, 9.17) is 9.57 Å². The van der Waals surface area contributed by atoms with Crippen molar-refractivity contribution in [3.63, 3.8) is 0 Å². The largest absolute Gasteiger partial charge is 0.493 e. The van der Waals surface area contributed by atoms with Crippen LogP contribution in [0.2, 0.25) is 0 Å². The maximum Gasteiger partial charge on any atom is 0.122 e. The van der Waals surface area contributed by atoms with Gasteiger partial charge in [-0.25, -0.2) is 0 Å². The molecule has 0 spiro atoms. The van der Waals surface area contributed by atoms with Crippen molar-refractivity contribution in [3.05, 3.63) is 29.3 Å². The fourth-order valence-corrected chi connectivity index (χ4v) is 1.60. The van der Waals surface area contributed by atoms with Gasteiger partial charge in [0.25, 0.3) is 0 Å². The minimum absolute atomic E-state index is 0.791. The zero-order valence-electron chi connectivity index (χ0n) is 8.41. The van der Waals surface area contributed by atoms with Crippen molar-refractivity contribution in [2.24, 2.45) is 5.16 Å². The van der Waals surface area contributed by atoms with Gasteiger partial charge in [-0.2, -0.15) is 0 Å². The molecular weight excluding hydrogens is 178 g/mol. The van der Waals surface area contributed by atoms with Gasteiger partial charge in [-0.15, -0.1) is 0 Å². The molecule has 1 aromatic carbocycles. The smallest absolute Gasteiger partial charge is 0.122 e. The third-order valence-corrected chi connectivity index (χ3v) is 2.34. The molecule has 0 fully saturated rings. The number of ether oxygens (including phenoxy) is 1. The third-order valence-electron chi connectivity index (χ3n) is 2.34. The van der Waals surface area contributed by atoms with E-state index in [2.05, 4.69) is 11.2 Å². The summed E-state index contributed by atoms with van der Waals surface area (Å²) in [6.07, 6.45) is 0.990. The molecule has 1 heterocycles. The highest BCUT2D eigenvalue weighted by molar-refractivity contribution is 5.98. The molecule has 0 amide bonds. The van der Waals surface area contributed by atoms with E-state index >= 15 is 0 Å². The lowest BCUT2D eigenvalue weighted by Crippen LogP contribution is -1.95. The average Bonchev–Trinajstić information content (AvgIpc) is 2.64. The zero-order chi connectivity index (χ0) is 9.97. The van der Waals surface area contributed by atoms with Crippen LogP contribution in [-0.2, 0) is 11.3 Å². The highest BCUT2D eigenvalue weighted by Crippen LogP contribution is 2.25. The lowest BCUT2D eigenvalue weighted by atomic mass is 10.1. The molecule has 3 nitrogen and oxygen atoms in total. The normalized spacial score (nSPS) is 14.9. The molecular formula is C11H13NO2. The second-order valence-electron chi connectivity index (χ2n) is 3.28. The topological polar surface area (TPSA) is 30.8 Å². The molecule has 0 aromatic heterocycles. The van der Waals surface area contributed by atoms with Crippen LogP contribution < -0.4 is 4.74 Å². The van der Waals surface area contributed by atoms with Crippen molar-refractivity contribution < 1.29 is 9.57 Å². The zero-order valence-corrected chi connectivity index (χ0v) is 8.41. The van der Waals surface area contributed by atoms with Gasteiger partial charge in [-0.3, -0.25) is 0 Å². The standard InChI is InChI=1S/C11H13NO2/c1-8(12-13-2)9-3-4-11-10(7-9)5-6-14-11/h3-4,7H,5-6H2,1-2H3. The molecule has 0 radical (unpaired) electrons. The van der Waals surface area contributed by atoms with Gasteiger partial charge < -0.3 is 9.57 Å². The molecule has 3 heteroatoms. The Morgan fingerprint density at radius 1 is 1.50 bits per heavy atom. The Kier molecular flexibility index (Phi) is 2.39. The molecule has 0 bridgehead atoms. The molecule has 74 valence electrons. The van der Waals surface area contributed by atoms with E-state index in [1.165, 1.54) is 5.56 Å². The molecule has 1 aliphatic rings. The van der Waals surface area contributed by atoms with Crippen LogP contribution in [-0.4, -0.2) is 19.4 Å². The van der Waals surface area contributed by atoms with Crippen molar-refractivity contribution in [3.8, 4) is 5.75 Å². The molecule has 0 saturated heterocycles. The van der Waals surface area contributed by atoms with Gasteiger partial charge >= 0.3 is 0 Å². The van der Waals surface area contributed by atoms with Crippen LogP contribution in [0.1, 0.15) is 18.1 Å². The van der Waals surface area contributed by atoms with Gasteiger partial charge in [-0.1, -0.05) is 5.16 Å². The molecule has 0 aliphatic carbocycles. The first-order valence-corrected chi connectivity index (χ1v) is 4.65. The Balaban J connectivity index is 2.33. The molecule has 14 heavy (non-hydrogen) atoms. The summed E-state index contributed by atoms with van der Waals surface area (Å²) in [7, 11) is 1.56. The summed E-state index contributed by atoms with van der Waals surface area (Å²) in [5.74, 6) is 0.999. The molecule has 0 atom stereocenters. The van der Waals surface area contributed by atoms with Gasteiger partial charge in [0.2, 0.25) is 0 Å². The average molecular weight is 191 g/mol. The predicted octanol–water partition coefficient (Wildman–Crippen LogP) is 1.99. The van der Waals surface area contributed by atoms with E-state index in [9.17, 15) is 0 Å². The summed E-state index contributed by atoms with van der Waals surface area (Å²) in [6, 6.07) is 6.11. The summed E-state index contributed by atoms with van der Waals surface area (Å²) in [5, 5.41) is 3.90. The third kappa shape index (κ3) is 1.58. The van der Waals surface area contributed by atoms with Gasteiger partial charge in [-0.05, 0) is 36.2 Å². The second-order valence-corrected chi connectivity index (χ2v) is 3.28. The van der Waals surface area contributed by atoms with Crippen LogP contribution in [0.5, 0.6) is 5.75 Å². The Morgan fingerprint density at radius 3 is 3.14 bits per heavy atom. The van der Waals surface area contributed by atoms with Crippen LogP contribution >= 0.6 is 0 Å². The highest BCUT2D eigenvalue weighted by atomic mass is 16.6. The minimum Gasteiger partial charge on any atom is -0.493 e. The number of nitrogens with zero attached hydrogens (tertiary/aromatic N) is 1. The maximum absolute atomic E-state index is 5.42. The molecule has 2 rings (SSSR count). The Labute approximate surface area is 83.3 Å². The molecule has 0 saturated carbocycles. The van der Waals surface area contributed by atoms with Crippen molar-refractivity contribution in [2.45, 2.75) is 13.3 Å². The fraction of sp³-hybridized carbons (Fsp3) is 0.364. The number of oxime groups is 1. The number of fused-ring (bicyclic) bond motifs is 1. The summed E-state index contributed by atoms with van der Waals surface area (Å²) in [4.78, 5) is 4.73. The molecule has 0 N–H and O–H groups in total. The number of benzene rings is 1. The fourth-order valence-electron chi connectivity index (χ4n) is 1.60. The Bertz CT molecular complexity index is 372. The van der Waals surface area contributed by atoms with Crippen LogP contribution in [0.3, 0.4) is 0 Å². The first-order chi connectivity index (χ1) is 6.81. The number of rotatable bonds is 2. The van der Waals surface area contributed by atoms with Crippen LogP contribution in [0.15, 0.2) is 23.4 Å². The van der Waals surface area contributed by atoms with E-state index in [1.807, 2.05) is 19.1 Å². The molecule has 1 aliphatic heterocycles. The quantitative estimate of drug-likeness (QED) is 0.528. The first kappa shape index (κ1) is 9.06. The van der Waals surface area contributed by atoms with E-state index in [0.29, 0.717) is 0 Å². The van der Waals surface area contributed by atoms with Gasteiger partial charge in [0.1, 0.15) is 12.9 Å². The van der Waals surface area contributed by atoms with Crippen LogP contribution in [0, 0.1) is 0 Å². The lowest BCUT2D eigenvalue weighted by molar-refractivity contribution is 0.213. The van der Waals surface area contributed by atoms with Crippen molar-refractivity contribution >= 4 is 5.71 Å². The summed E-state index contributed by atoms with van der Waals surface area (Å²) < 4.78 is 5.42. The number of hydrogen-bond donors (Lipinski definition) is 0. The summed E-state index contributed by atoms with van der Waals surface area (Å²) in [5.41, 5.74) is 3.24. The van der Waals surface area contributed by atoms with Gasteiger partial charge in [0.15, 0.2) is 0 Å². The second kappa shape index (κ2) is 3.70. The highest BCUT2D eigenvalue weighted by Gasteiger charge is 2.12. The summed E-state index contributed by atoms with van der Waals surface area (Å²) >= 11 is 0. The molecule has 1 aromatic rings. The summed E-state index contributed by atoms with van der Waals surface area (Å²) in [6.45, 7) is 2.72.